The summed E-state index contributed by atoms with van der Waals surface area (Å²) in [6.45, 7) is 2.03. The molecule has 0 spiro atoms. The fourth-order valence-corrected chi connectivity index (χ4v) is 3.44. The third kappa shape index (κ3) is 2.58. The summed E-state index contributed by atoms with van der Waals surface area (Å²) in [5.74, 6) is 1.44. The predicted octanol–water partition coefficient (Wildman–Crippen LogP) is 3.66. The van der Waals surface area contributed by atoms with Crippen molar-refractivity contribution in [2.75, 3.05) is 12.4 Å². The number of nitrogens with one attached hydrogen (secondary N) is 1. The third-order valence-electron chi connectivity index (χ3n) is 4.68. The van der Waals surface area contributed by atoms with Gasteiger partial charge in [0.2, 0.25) is 5.91 Å². The highest BCUT2D eigenvalue weighted by atomic mass is 16.5. The Kier molecular flexibility index (Phi) is 3.76. The van der Waals surface area contributed by atoms with E-state index >= 15 is 0 Å². The highest BCUT2D eigenvalue weighted by Crippen LogP contribution is 2.41. The van der Waals surface area contributed by atoms with E-state index in [2.05, 4.69) is 10.4 Å². The van der Waals surface area contributed by atoms with Gasteiger partial charge in [-0.05, 0) is 24.6 Å². The summed E-state index contributed by atoms with van der Waals surface area (Å²) < 4.78 is 7.31. The van der Waals surface area contributed by atoms with Gasteiger partial charge in [0.05, 0.1) is 19.0 Å². The largest absolute Gasteiger partial charge is 0.496 e. The molecule has 2 heterocycles. The van der Waals surface area contributed by atoms with E-state index in [-0.39, 0.29) is 11.8 Å². The maximum absolute atomic E-state index is 12.4. The summed E-state index contributed by atoms with van der Waals surface area (Å²) in [5.41, 5.74) is 4.07. The number of para-hydroxylation sites is 2. The number of nitrogens with zero attached hydrogens (tertiary/aromatic N) is 2. The molecule has 25 heavy (non-hydrogen) atoms. The molecule has 1 aliphatic heterocycles. The Bertz CT molecular complexity index is 946. The number of anilines is 1. The molecule has 0 aliphatic carbocycles. The minimum atomic E-state index is -0.0716. The quantitative estimate of drug-likeness (QED) is 0.796. The van der Waals surface area contributed by atoms with Crippen molar-refractivity contribution in [1.82, 2.24) is 9.78 Å². The average molecular weight is 333 g/mol. The number of benzene rings is 2. The standard InChI is InChI=1S/C20H19N3O2/c1-13-7-3-5-9-17(13)23-20-16(12-21-23)15(11-19(24)22-20)14-8-4-6-10-18(14)25-2/h3-10,12,15H,11H2,1-2H3,(H,22,24). The van der Waals surface area contributed by atoms with Crippen LogP contribution in [0.15, 0.2) is 54.7 Å². The fraction of sp³-hybridized carbons (Fsp3) is 0.200. The summed E-state index contributed by atoms with van der Waals surface area (Å²) >= 11 is 0. The van der Waals surface area contributed by atoms with Crippen molar-refractivity contribution in [1.29, 1.82) is 0 Å². The van der Waals surface area contributed by atoms with Gasteiger partial charge in [0.15, 0.2) is 0 Å². The second-order valence-corrected chi connectivity index (χ2v) is 6.19. The number of rotatable bonds is 3. The first-order chi connectivity index (χ1) is 12.2. The summed E-state index contributed by atoms with van der Waals surface area (Å²) in [6.07, 6.45) is 2.23. The molecule has 3 aromatic rings. The lowest BCUT2D eigenvalue weighted by Crippen LogP contribution is -2.25. The van der Waals surface area contributed by atoms with E-state index in [1.54, 1.807) is 7.11 Å². The van der Waals surface area contributed by atoms with Gasteiger partial charge in [-0.25, -0.2) is 4.68 Å². The van der Waals surface area contributed by atoms with E-state index in [9.17, 15) is 4.79 Å². The van der Waals surface area contributed by atoms with Crippen LogP contribution in [0.1, 0.15) is 29.0 Å². The molecule has 126 valence electrons. The maximum Gasteiger partial charge on any atom is 0.226 e. The first-order valence-electron chi connectivity index (χ1n) is 8.25. The highest BCUT2D eigenvalue weighted by molar-refractivity contribution is 5.94. The molecule has 1 aromatic heterocycles. The lowest BCUT2D eigenvalue weighted by atomic mass is 9.87. The van der Waals surface area contributed by atoms with Gasteiger partial charge in [-0.15, -0.1) is 0 Å². The topological polar surface area (TPSA) is 56.1 Å². The number of amides is 1. The van der Waals surface area contributed by atoms with E-state index in [1.807, 2.05) is 66.3 Å². The molecular weight excluding hydrogens is 314 g/mol. The molecule has 1 amide bonds. The number of aromatic nitrogens is 2. The van der Waals surface area contributed by atoms with E-state index in [0.29, 0.717) is 6.42 Å². The van der Waals surface area contributed by atoms with Crippen molar-refractivity contribution < 1.29 is 9.53 Å². The van der Waals surface area contributed by atoms with Crippen LogP contribution >= 0.6 is 0 Å². The van der Waals surface area contributed by atoms with E-state index in [0.717, 1.165) is 33.9 Å². The molecule has 5 heteroatoms. The van der Waals surface area contributed by atoms with Crippen molar-refractivity contribution in [2.45, 2.75) is 19.3 Å². The number of hydrogen-bond acceptors (Lipinski definition) is 3. The van der Waals surface area contributed by atoms with Crippen LogP contribution in [0.4, 0.5) is 5.82 Å². The zero-order valence-corrected chi connectivity index (χ0v) is 14.2. The van der Waals surface area contributed by atoms with Crippen LogP contribution in [0.5, 0.6) is 5.75 Å². The first kappa shape index (κ1) is 15.4. The molecule has 0 saturated carbocycles. The Balaban J connectivity index is 1.86. The third-order valence-corrected chi connectivity index (χ3v) is 4.68. The minimum Gasteiger partial charge on any atom is -0.496 e. The molecule has 4 rings (SSSR count). The van der Waals surface area contributed by atoms with Gasteiger partial charge in [-0.2, -0.15) is 5.10 Å². The monoisotopic (exact) mass is 333 g/mol. The van der Waals surface area contributed by atoms with Crippen molar-refractivity contribution in [3.8, 4) is 11.4 Å². The van der Waals surface area contributed by atoms with Crippen LogP contribution < -0.4 is 10.1 Å². The molecule has 1 N–H and O–H groups in total. The van der Waals surface area contributed by atoms with Crippen molar-refractivity contribution >= 4 is 11.7 Å². The number of fused-ring (bicyclic) bond motifs is 1. The second-order valence-electron chi connectivity index (χ2n) is 6.19. The lowest BCUT2D eigenvalue weighted by Gasteiger charge is -2.25. The Labute approximate surface area is 146 Å². The summed E-state index contributed by atoms with van der Waals surface area (Å²) in [4.78, 5) is 12.4. The zero-order valence-electron chi connectivity index (χ0n) is 14.2. The molecule has 1 atom stereocenters. The molecule has 0 saturated heterocycles. The Morgan fingerprint density at radius 2 is 1.88 bits per heavy atom. The van der Waals surface area contributed by atoms with E-state index < -0.39 is 0 Å². The van der Waals surface area contributed by atoms with Gasteiger partial charge in [-0.1, -0.05) is 36.4 Å². The lowest BCUT2D eigenvalue weighted by molar-refractivity contribution is -0.116. The van der Waals surface area contributed by atoms with Crippen molar-refractivity contribution in [2.24, 2.45) is 0 Å². The Morgan fingerprint density at radius 3 is 2.68 bits per heavy atom. The minimum absolute atomic E-state index is 0.0151. The Morgan fingerprint density at radius 1 is 1.12 bits per heavy atom. The average Bonchev–Trinajstić information content (AvgIpc) is 3.05. The van der Waals surface area contributed by atoms with Crippen LogP contribution in [0.25, 0.3) is 5.69 Å². The molecule has 5 nitrogen and oxygen atoms in total. The van der Waals surface area contributed by atoms with Gasteiger partial charge >= 0.3 is 0 Å². The van der Waals surface area contributed by atoms with Crippen LogP contribution in [-0.2, 0) is 4.79 Å². The van der Waals surface area contributed by atoms with Crippen molar-refractivity contribution in [3.05, 3.63) is 71.4 Å². The second kappa shape index (κ2) is 6.09. The molecule has 0 bridgehead atoms. The van der Waals surface area contributed by atoms with E-state index in [4.69, 9.17) is 4.74 Å². The number of carbonyl (C=O) groups excluding carboxylic acids is 1. The smallest absolute Gasteiger partial charge is 0.226 e. The molecule has 0 fully saturated rings. The van der Waals surface area contributed by atoms with Crippen LogP contribution in [0.3, 0.4) is 0 Å². The number of methoxy groups -OCH3 is 1. The molecule has 1 aliphatic rings. The van der Waals surface area contributed by atoms with Crippen molar-refractivity contribution in [3.63, 3.8) is 0 Å². The van der Waals surface area contributed by atoms with Gasteiger partial charge in [-0.3, -0.25) is 4.79 Å². The summed E-state index contributed by atoms with van der Waals surface area (Å²) in [7, 11) is 1.65. The van der Waals surface area contributed by atoms with Gasteiger partial charge in [0.1, 0.15) is 11.6 Å². The summed E-state index contributed by atoms with van der Waals surface area (Å²) in [6, 6.07) is 15.8. The Hall–Kier alpha value is -3.08. The fourth-order valence-electron chi connectivity index (χ4n) is 3.44. The summed E-state index contributed by atoms with van der Waals surface area (Å²) in [5, 5.41) is 7.55. The van der Waals surface area contributed by atoms with Gasteiger partial charge in [0, 0.05) is 23.5 Å². The predicted molar refractivity (Wildman–Crippen MR) is 96.4 cm³/mol. The van der Waals surface area contributed by atoms with E-state index in [1.165, 1.54) is 0 Å². The SMILES string of the molecule is COc1ccccc1C1CC(=O)Nc2c1cnn2-c1ccccc1C. The van der Waals surface area contributed by atoms with Crippen LogP contribution in [0, 0.1) is 6.92 Å². The molecule has 1 unspecified atom stereocenters. The first-order valence-corrected chi connectivity index (χ1v) is 8.25. The van der Waals surface area contributed by atoms with Gasteiger partial charge < -0.3 is 10.1 Å². The molecule has 0 radical (unpaired) electrons. The number of hydrogen-bond donors (Lipinski definition) is 1. The number of ether oxygens (including phenoxy) is 1. The number of carbonyl (C=O) groups is 1. The van der Waals surface area contributed by atoms with Crippen LogP contribution in [-0.4, -0.2) is 22.8 Å². The van der Waals surface area contributed by atoms with Crippen LogP contribution in [0.2, 0.25) is 0 Å². The molecular formula is C20H19N3O2. The number of aryl methyl sites for hydroxylation is 1. The molecule has 2 aromatic carbocycles. The highest BCUT2D eigenvalue weighted by Gasteiger charge is 2.32. The van der Waals surface area contributed by atoms with Gasteiger partial charge in [0.25, 0.3) is 0 Å². The normalized spacial score (nSPS) is 16.2. The zero-order chi connectivity index (χ0) is 17.4. The maximum atomic E-state index is 12.4.